The maximum Gasteiger partial charge on any atom is 0.294 e. The van der Waals surface area contributed by atoms with Gasteiger partial charge in [0.15, 0.2) is 11.5 Å². The van der Waals surface area contributed by atoms with E-state index in [0.717, 1.165) is 10.5 Å². The predicted octanol–water partition coefficient (Wildman–Crippen LogP) is 7.16. The maximum absolute atomic E-state index is 13.8. The first-order chi connectivity index (χ1) is 18.2. The number of nitrogens with one attached hydrogen (secondary N) is 1. The van der Waals surface area contributed by atoms with Gasteiger partial charge in [0.25, 0.3) is 11.1 Å². The molecular weight excluding hydrogens is 622 g/mol. The zero-order chi connectivity index (χ0) is 27.4. The summed E-state index contributed by atoms with van der Waals surface area (Å²) in [5, 5.41) is 2.60. The summed E-state index contributed by atoms with van der Waals surface area (Å²) in [5.41, 5.74) is 1.31. The number of hydrogen-bond donors (Lipinski definition) is 1. The standard InChI is InChI=1S/C26H18BrCl2FN2O5S/c1-36-21-10-15(8-16(27)24(21)37-13-14-6-7-17(28)18(29)9-14)11-22-25(34)32(26(35)38-22)12-23(33)31-20-5-3-2-4-19(20)30/h2-11H,12-13H2,1H3,(H,31,33)/b22-11-. The van der Waals surface area contributed by atoms with E-state index in [2.05, 4.69) is 21.2 Å². The second-order valence-corrected chi connectivity index (χ2v) is 10.5. The molecule has 0 aliphatic carbocycles. The van der Waals surface area contributed by atoms with Crippen molar-refractivity contribution in [3.8, 4) is 11.5 Å². The van der Waals surface area contributed by atoms with Gasteiger partial charge in [0, 0.05) is 0 Å². The molecular formula is C26H18BrCl2FN2O5S. The summed E-state index contributed by atoms with van der Waals surface area (Å²) in [6, 6.07) is 14.1. The normalized spacial score (nSPS) is 14.2. The van der Waals surface area contributed by atoms with Crippen molar-refractivity contribution in [3.63, 3.8) is 0 Å². The first kappa shape index (κ1) is 28.0. The number of nitrogens with zero attached hydrogens (tertiary/aromatic N) is 1. The summed E-state index contributed by atoms with van der Waals surface area (Å²) in [7, 11) is 1.47. The van der Waals surface area contributed by atoms with Gasteiger partial charge in [0.2, 0.25) is 5.91 Å². The number of halogens is 4. The van der Waals surface area contributed by atoms with Crippen LogP contribution in [-0.4, -0.2) is 35.6 Å². The Morgan fingerprint density at radius 3 is 2.61 bits per heavy atom. The fourth-order valence-corrected chi connectivity index (χ4v) is 5.16. The fourth-order valence-electron chi connectivity index (χ4n) is 3.43. The van der Waals surface area contributed by atoms with Gasteiger partial charge in [-0.1, -0.05) is 41.4 Å². The molecule has 7 nitrogen and oxygen atoms in total. The Kier molecular flexibility index (Phi) is 8.99. The van der Waals surface area contributed by atoms with Gasteiger partial charge < -0.3 is 14.8 Å². The molecule has 38 heavy (non-hydrogen) atoms. The monoisotopic (exact) mass is 638 g/mol. The number of imide groups is 1. The summed E-state index contributed by atoms with van der Waals surface area (Å²) in [6.07, 6.45) is 1.51. The largest absolute Gasteiger partial charge is 0.493 e. The zero-order valence-corrected chi connectivity index (χ0v) is 23.5. The molecule has 196 valence electrons. The summed E-state index contributed by atoms with van der Waals surface area (Å²) in [4.78, 5) is 38.6. The molecule has 4 rings (SSSR count). The highest BCUT2D eigenvalue weighted by atomic mass is 79.9. The van der Waals surface area contributed by atoms with Crippen LogP contribution in [0.15, 0.2) is 64.0 Å². The van der Waals surface area contributed by atoms with Crippen molar-refractivity contribution in [2.75, 3.05) is 19.0 Å². The maximum atomic E-state index is 13.8. The number of para-hydroxylation sites is 1. The van der Waals surface area contributed by atoms with Gasteiger partial charge in [-0.25, -0.2) is 4.39 Å². The molecule has 0 saturated carbocycles. The highest BCUT2D eigenvalue weighted by Crippen LogP contribution is 2.39. The van der Waals surface area contributed by atoms with Crippen LogP contribution >= 0.6 is 50.9 Å². The molecule has 3 aromatic rings. The van der Waals surface area contributed by atoms with Crippen molar-refractivity contribution in [3.05, 3.63) is 91.0 Å². The number of carbonyl (C=O) groups excluding carboxylic acids is 3. The molecule has 0 bridgehead atoms. The molecule has 1 aliphatic rings. The van der Waals surface area contributed by atoms with Gasteiger partial charge in [0.1, 0.15) is 19.0 Å². The molecule has 0 aromatic heterocycles. The van der Waals surface area contributed by atoms with Gasteiger partial charge in [-0.15, -0.1) is 0 Å². The third-order valence-electron chi connectivity index (χ3n) is 5.24. The van der Waals surface area contributed by atoms with Crippen LogP contribution < -0.4 is 14.8 Å². The minimum Gasteiger partial charge on any atom is -0.493 e. The van der Waals surface area contributed by atoms with Crippen molar-refractivity contribution >= 4 is 79.7 Å². The van der Waals surface area contributed by atoms with Gasteiger partial charge >= 0.3 is 0 Å². The summed E-state index contributed by atoms with van der Waals surface area (Å²) in [5.74, 6) is -1.16. The molecule has 1 N–H and O–H groups in total. The lowest BCUT2D eigenvalue weighted by atomic mass is 10.1. The van der Waals surface area contributed by atoms with E-state index in [1.54, 1.807) is 36.4 Å². The number of thioether (sulfide) groups is 1. The highest BCUT2D eigenvalue weighted by Gasteiger charge is 2.36. The van der Waals surface area contributed by atoms with Gasteiger partial charge in [0.05, 0.1) is 32.2 Å². The third kappa shape index (κ3) is 6.50. The number of ether oxygens (including phenoxy) is 2. The number of carbonyl (C=O) groups is 3. The fraction of sp³-hybridized carbons (Fsp3) is 0.115. The molecule has 1 heterocycles. The Morgan fingerprint density at radius 2 is 1.89 bits per heavy atom. The molecule has 12 heteroatoms. The number of rotatable bonds is 8. The number of anilines is 1. The van der Waals surface area contributed by atoms with Crippen molar-refractivity contribution in [2.24, 2.45) is 0 Å². The van der Waals surface area contributed by atoms with Crippen LogP contribution in [0.3, 0.4) is 0 Å². The molecule has 1 saturated heterocycles. The molecule has 1 aliphatic heterocycles. The van der Waals surface area contributed by atoms with Crippen LogP contribution in [0.1, 0.15) is 11.1 Å². The van der Waals surface area contributed by atoms with Gasteiger partial charge in [-0.2, -0.15) is 0 Å². The third-order valence-corrected chi connectivity index (χ3v) is 7.48. The number of benzene rings is 3. The van der Waals surface area contributed by atoms with Crippen LogP contribution in [0, 0.1) is 5.82 Å². The van der Waals surface area contributed by atoms with Gasteiger partial charge in [-0.3, -0.25) is 19.3 Å². The Hall–Kier alpha value is -3.05. The van der Waals surface area contributed by atoms with E-state index in [-0.39, 0.29) is 17.2 Å². The Morgan fingerprint density at radius 1 is 1.13 bits per heavy atom. The highest BCUT2D eigenvalue weighted by molar-refractivity contribution is 9.10. The smallest absolute Gasteiger partial charge is 0.294 e. The van der Waals surface area contributed by atoms with E-state index in [4.69, 9.17) is 32.7 Å². The summed E-state index contributed by atoms with van der Waals surface area (Å²) >= 11 is 16.2. The number of methoxy groups -OCH3 is 1. The Balaban J connectivity index is 1.47. The van der Waals surface area contributed by atoms with Crippen LogP contribution in [0.5, 0.6) is 11.5 Å². The van der Waals surface area contributed by atoms with E-state index in [9.17, 15) is 18.8 Å². The quantitative estimate of drug-likeness (QED) is 0.263. The first-order valence-corrected chi connectivity index (χ1v) is 13.3. The van der Waals surface area contributed by atoms with Gasteiger partial charge in [-0.05, 0) is 81.3 Å². The van der Waals surface area contributed by atoms with Crippen LogP contribution in [0.25, 0.3) is 6.08 Å². The molecule has 0 unspecified atom stereocenters. The minimum absolute atomic E-state index is 0.0431. The van der Waals surface area contributed by atoms with Crippen LogP contribution in [0.4, 0.5) is 14.9 Å². The molecule has 0 atom stereocenters. The number of amides is 3. The second-order valence-electron chi connectivity index (χ2n) is 7.87. The molecule has 3 aromatic carbocycles. The van der Waals surface area contributed by atoms with Crippen molar-refractivity contribution < 1.29 is 28.2 Å². The predicted molar refractivity (Wildman–Crippen MR) is 149 cm³/mol. The zero-order valence-electron chi connectivity index (χ0n) is 19.6. The molecule has 3 amide bonds. The topological polar surface area (TPSA) is 84.9 Å². The average Bonchev–Trinajstić information content (AvgIpc) is 3.13. The molecule has 0 spiro atoms. The molecule has 1 fully saturated rings. The van der Waals surface area contributed by atoms with E-state index in [1.807, 2.05) is 0 Å². The van der Waals surface area contributed by atoms with Crippen molar-refractivity contribution in [1.29, 1.82) is 0 Å². The van der Waals surface area contributed by atoms with Crippen LogP contribution in [0.2, 0.25) is 10.0 Å². The lowest BCUT2D eigenvalue weighted by molar-refractivity contribution is -0.127. The van der Waals surface area contributed by atoms with E-state index in [1.165, 1.54) is 31.4 Å². The molecule has 0 radical (unpaired) electrons. The van der Waals surface area contributed by atoms with E-state index < -0.39 is 29.4 Å². The van der Waals surface area contributed by atoms with Crippen molar-refractivity contribution in [2.45, 2.75) is 6.61 Å². The lowest BCUT2D eigenvalue weighted by Gasteiger charge is -2.14. The Bertz CT molecular complexity index is 1470. The minimum atomic E-state index is -0.702. The first-order valence-electron chi connectivity index (χ1n) is 10.9. The summed E-state index contributed by atoms with van der Waals surface area (Å²) in [6.45, 7) is -0.357. The lowest BCUT2D eigenvalue weighted by Crippen LogP contribution is -2.36. The second kappa shape index (κ2) is 12.2. The summed E-state index contributed by atoms with van der Waals surface area (Å²) < 4.78 is 25.7. The SMILES string of the molecule is COc1cc(/C=C2\SC(=O)N(CC(=O)Nc3ccccc3F)C2=O)cc(Br)c1OCc1ccc(Cl)c(Cl)c1. The average molecular weight is 640 g/mol. The Labute approximate surface area is 240 Å². The van der Waals surface area contributed by atoms with Crippen molar-refractivity contribution in [1.82, 2.24) is 4.90 Å². The van der Waals surface area contributed by atoms with E-state index in [0.29, 0.717) is 43.3 Å². The number of hydrogen-bond acceptors (Lipinski definition) is 6. The van der Waals surface area contributed by atoms with E-state index >= 15 is 0 Å². The van der Waals surface area contributed by atoms with Crippen LogP contribution in [-0.2, 0) is 16.2 Å².